The number of rotatable bonds is 7. The molecule has 0 aromatic carbocycles. The highest BCUT2D eigenvalue weighted by molar-refractivity contribution is 5.84. The van der Waals surface area contributed by atoms with Crippen LogP contribution in [0.4, 0.5) is 0 Å². The highest BCUT2D eigenvalue weighted by Gasteiger charge is 2.10. The topological polar surface area (TPSA) is 61.8 Å². The third kappa shape index (κ3) is 6.86. The summed E-state index contributed by atoms with van der Waals surface area (Å²) in [5.74, 6) is -0.679. The molecule has 0 radical (unpaired) electrons. The minimum Gasteiger partial charge on any atom is -0.497 e. The molecule has 0 aliphatic carbocycles. The molecule has 5 heteroatoms. The van der Waals surface area contributed by atoms with Gasteiger partial charge in [0.25, 0.3) is 0 Å². The fraction of sp³-hybridized carbons (Fsp3) is 0.636. The van der Waals surface area contributed by atoms with Crippen molar-refractivity contribution in [1.82, 2.24) is 0 Å². The van der Waals surface area contributed by atoms with Crippen molar-refractivity contribution in [1.29, 1.82) is 0 Å². The quantitative estimate of drug-likeness (QED) is 0.376. The Kier molecular flexibility index (Phi) is 7.93. The summed E-state index contributed by atoms with van der Waals surface area (Å²) in [5, 5.41) is 0. The second kappa shape index (κ2) is 8.76. The zero-order valence-electron chi connectivity index (χ0n) is 9.95. The molecule has 16 heavy (non-hydrogen) atoms. The van der Waals surface area contributed by atoms with E-state index in [1.54, 1.807) is 20.8 Å². The molecule has 0 amide bonds. The largest absolute Gasteiger partial charge is 0.497 e. The standard InChI is InChI=1S/C11H18O5/c1-4-14-9(7-10(12)15-5-2)8-11(13)16-6-3/h7H,4-6,8H2,1-3H3/b9-7+. The Balaban J connectivity index is 4.35. The third-order valence-electron chi connectivity index (χ3n) is 1.52. The van der Waals surface area contributed by atoms with Crippen LogP contribution in [0.5, 0.6) is 0 Å². The number of hydrogen-bond donors (Lipinski definition) is 0. The minimum atomic E-state index is -0.518. The first kappa shape index (κ1) is 14.5. The molecule has 92 valence electrons. The summed E-state index contributed by atoms with van der Waals surface area (Å²) in [6, 6.07) is 0. The zero-order valence-corrected chi connectivity index (χ0v) is 9.95. The van der Waals surface area contributed by atoms with E-state index in [4.69, 9.17) is 14.2 Å². The van der Waals surface area contributed by atoms with Crippen LogP contribution in [-0.2, 0) is 23.8 Å². The van der Waals surface area contributed by atoms with Crippen molar-refractivity contribution in [2.75, 3.05) is 19.8 Å². The molecule has 0 heterocycles. The van der Waals surface area contributed by atoms with Crippen LogP contribution in [0, 0.1) is 0 Å². The number of carbonyl (C=O) groups excluding carboxylic acids is 2. The van der Waals surface area contributed by atoms with Gasteiger partial charge in [0.15, 0.2) is 0 Å². The SMILES string of the molecule is CCOC(=O)/C=C(\CC(=O)OCC)OCC. The van der Waals surface area contributed by atoms with E-state index in [9.17, 15) is 9.59 Å². The highest BCUT2D eigenvalue weighted by Crippen LogP contribution is 2.06. The van der Waals surface area contributed by atoms with E-state index < -0.39 is 11.9 Å². The Morgan fingerprint density at radius 1 is 0.938 bits per heavy atom. The monoisotopic (exact) mass is 230 g/mol. The Labute approximate surface area is 95.4 Å². The van der Waals surface area contributed by atoms with E-state index in [0.717, 1.165) is 0 Å². The lowest BCUT2D eigenvalue weighted by molar-refractivity contribution is -0.143. The van der Waals surface area contributed by atoms with Crippen LogP contribution in [0.2, 0.25) is 0 Å². The molecule has 0 aromatic heterocycles. The maximum Gasteiger partial charge on any atom is 0.334 e. The first-order valence-electron chi connectivity index (χ1n) is 5.29. The smallest absolute Gasteiger partial charge is 0.334 e. The molecule has 0 saturated heterocycles. The van der Waals surface area contributed by atoms with E-state index in [0.29, 0.717) is 13.2 Å². The van der Waals surface area contributed by atoms with Crippen molar-refractivity contribution in [2.24, 2.45) is 0 Å². The van der Waals surface area contributed by atoms with Gasteiger partial charge in [0.05, 0.1) is 25.9 Å². The summed E-state index contributed by atoms with van der Waals surface area (Å²) >= 11 is 0. The second-order valence-corrected chi connectivity index (χ2v) is 2.78. The summed E-state index contributed by atoms with van der Waals surface area (Å²) in [6.45, 7) is 6.16. The summed E-state index contributed by atoms with van der Waals surface area (Å²) in [6.07, 6.45) is 1.12. The summed E-state index contributed by atoms with van der Waals surface area (Å²) < 4.78 is 14.6. The van der Waals surface area contributed by atoms with Crippen LogP contribution in [0.3, 0.4) is 0 Å². The molecule has 0 aliphatic heterocycles. The Hall–Kier alpha value is -1.52. The van der Waals surface area contributed by atoms with Gasteiger partial charge >= 0.3 is 11.9 Å². The van der Waals surface area contributed by atoms with Crippen molar-refractivity contribution < 1.29 is 23.8 Å². The van der Waals surface area contributed by atoms with E-state index >= 15 is 0 Å². The van der Waals surface area contributed by atoms with Crippen LogP contribution < -0.4 is 0 Å². The molecule has 0 fully saturated rings. The van der Waals surface area contributed by atoms with Crippen molar-refractivity contribution in [3.8, 4) is 0 Å². The summed E-state index contributed by atoms with van der Waals surface area (Å²) in [5.41, 5.74) is 0. The van der Waals surface area contributed by atoms with Gasteiger partial charge in [0.2, 0.25) is 0 Å². The number of ether oxygens (including phenoxy) is 3. The molecule has 0 aromatic rings. The fourth-order valence-corrected chi connectivity index (χ4v) is 0.999. The van der Waals surface area contributed by atoms with Crippen molar-refractivity contribution >= 4 is 11.9 Å². The molecule has 0 unspecified atom stereocenters. The Morgan fingerprint density at radius 2 is 1.50 bits per heavy atom. The molecule has 5 nitrogen and oxygen atoms in total. The van der Waals surface area contributed by atoms with Crippen LogP contribution in [0.1, 0.15) is 27.2 Å². The van der Waals surface area contributed by atoms with Gasteiger partial charge in [-0.2, -0.15) is 0 Å². The summed E-state index contributed by atoms with van der Waals surface area (Å²) in [7, 11) is 0. The second-order valence-electron chi connectivity index (χ2n) is 2.78. The minimum absolute atomic E-state index is 0.0551. The van der Waals surface area contributed by atoms with Gasteiger partial charge in [-0.25, -0.2) is 4.79 Å². The molecule has 0 bridgehead atoms. The van der Waals surface area contributed by atoms with Crippen molar-refractivity contribution in [3.63, 3.8) is 0 Å². The number of carbonyl (C=O) groups is 2. The van der Waals surface area contributed by atoms with Gasteiger partial charge in [-0.1, -0.05) is 0 Å². The van der Waals surface area contributed by atoms with E-state index in [-0.39, 0.29) is 18.8 Å². The molecule has 0 atom stereocenters. The maximum absolute atomic E-state index is 11.2. The molecule has 0 aliphatic rings. The zero-order chi connectivity index (χ0) is 12.4. The van der Waals surface area contributed by atoms with Gasteiger partial charge in [0.1, 0.15) is 12.2 Å². The lowest BCUT2D eigenvalue weighted by Crippen LogP contribution is -2.09. The van der Waals surface area contributed by atoms with Crippen LogP contribution in [0.25, 0.3) is 0 Å². The molecule has 0 spiro atoms. The average molecular weight is 230 g/mol. The van der Waals surface area contributed by atoms with Crippen LogP contribution >= 0.6 is 0 Å². The fourth-order valence-electron chi connectivity index (χ4n) is 0.999. The lowest BCUT2D eigenvalue weighted by Gasteiger charge is -2.07. The Morgan fingerprint density at radius 3 is 2.00 bits per heavy atom. The highest BCUT2D eigenvalue weighted by atomic mass is 16.5. The maximum atomic E-state index is 11.2. The van der Waals surface area contributed by atoms with E-state index in [1.807, 2.05) is 0 Å². The number of hydrogen-bond acceptors (Lipinski definition) is 5. The van der Waals surface area contributed by atoms with Crippen LogP contribution in [-0.4, -0.2) is 31.8 Å². The van der Waals surface area contributed by atoms with Gasteiger partial charge in [-0.05, 0) is 20.8 Å². The van der Waals surface area contributed by atoms with Gasteiger partial charge in [-0.15, -0.1) is 0 Å². The number of esters is 2. The summed E-state index contributed by atoms with van der Waals surface area (Å²) in [4.78, 5) is 22.3. The van der Waals surface area contributed by atoms with Gasteiger partial charge < -0.3 is 14.2 Å². The normalized spacial score (nSPS) is 10.8. The van der Waals surface area contributed by atoms with Crippen LogP contribution in [0.15, 0.2) is 11.8 Å². The molecule has 0 rings (SSSR count). The van der Waals surface area contributed by atoms with E-state index in [2.05, 4.69) is 0 Å². The molecule has 0 saturated carbocycles. The van der Waals surface area contributed by atoms with Crippen molar-refractivity contribution in [2.45, 2.75) is 27.2 Å². The van der Waals surface area contributed by atoms with Crippen molar-refractivity contribution in [3.05, 3.63) is 11.8 Å². The average Bonchev–Trinajstić information content (AvgIpc) is 2.18. The predicted octanol–water partition coefficient (Wildman–Crippen LogP) is 1.42. The Bertz CT molecular complexity index is 257. The van der Waals surface area contributed by atoms with Gasteiger partial charge in [0, 0.05) is 0 Å². The lowest BCUT2D eigenvalue weighted by atomic mass is 10.3. The predicted molar refractivity (Wildman–Crippen MR) is 57.6 cm³/mol. The third-order valence-corrected chi connectivity index (χ3v) is 1.52. The molecule has 0 N–H and O–H groups in total. The van der Waals surface area contributed by atoms with E-state index in [1.165, 1.54) is 6.08 Å². The molecular weight excluding hydrogens is 212 g/mol. The first-order chi connectivity index (χ1) is 7.63. The first-order valence-corrected chi connectivity index (χ1v) is 5.29. The van der Waals surface area contributed by atoms with Gasteiger partial charge in [-0.3, -0.25) is 4.79 Å². The molecular formula is C11H18O5.